The van der Waals surface area contributed by atoms with Gasteiger partial charge in [0.2, 0.25) is 0 Å². The number of pyridine rings is 1. The van der Waals surface area contributed by atoms with E-state index in [0.717, 1.165) is 6.07 Å². The lowest BCUT2D eigenvalue weighted by atomic mass is 9.95. The van der Waals surface area contributed by atoms with Crippen LogP contribution in [0.15, 0.2) is 21.4 Å². The molecular weight excluding hydrogens is 423 g/mol. The van der Waals surface area contributed by atoms with Crippen LogP contribution in [0.4, 0.5) is 10.2 Å². The number of halogens is 2. The van der Waals surface area contributed by atoms with Crippen LogP contribution in [0, 0.1) is 28.5 Å². The number of nitrogen functional groups attached to an aromatic ring is 1. The molecule has 1 heterocycles. The van der Waals surface area contributed by atoms with Gasteiger partial charge in [0.05, 0.1) is 6.61 Å². The number of carbonyl (C=O) groups excluding carboxylic acids is 1. The van der Waals surface area contributed by atoms with Crippen LogP contribution in [-0.4, -0.2) is 24.2 Å². The number of hydrogen-bond acceptors (Lipinski definition) is 7. The monoisotopic (exact) mass is 434 g/mol. The van der Waals surface area contributed by atoms with Gasteiger partial charge in [-0.15, -0.1) is 0 Å². The van der Waals surface area contributed by atoms with E-state index < -0.39 is 35.3 Å². The number of benzene rings is 1. The molecule has 0 amide bonds. The molecule has 3 N–H and O–H groups in total. The van der Waals surface area contributed by atoms with Crippen molar-refractivity contribution in [3.63, 3.8) is 0 Å². The lowest BCUT2D eigenvalue weighted by molar-refractivity contribution is -0.145. The molecule has 138 valence electrons. The zero-order chi connectivity index (χ0) is 20.1. The number of esters is 1. The largest absolute Gasteiger partial charge is 0.478 e. The van der Waals surface area contributed by atoms with Gasteiger partial charge in [0.1, 0.15) is 29.1 Å². The Hall–Kier alpha value is -3.37. The van der Waals surface area contributed by atoms with Gasteiger partial charge in [-0.3, -0.25) is 4.79 Å². The van der Waals surface area contributed by atoms with E-state index >= 15 is 0 Å². The highest BCUT2D eigenvalue weighted by atomic mass is 79.9. The molecule has 0 spiro atoms. The number of nitrogens with two attached hydrogens (primary N) is 1. The first-order valence-corrected chi connectivity index (χ1v) is 8.27. The van der Waals surface area contributed by atoms with E-state index in [9.17, 15) is 24.5 Å². The molecule has 1 aromatic heterocycles. The maximum absolute atomic E-state index is 14.5. The van der Waals surface area contributed by atoms with Crippen LogP contribution in [0.5, 0.6) is 5.75 Å². The van der Waals surface area contributed by atoms with Gasteiger partial charge in [-0.2, -0.15) is 10.5 Å². The Balaban J connectivity index is 2.77. The molecule has 0 radical (unpaired) electrons. The van der Waals surface area contributed by atoms with E-state index in [-0.39, 0.29) is 33.6 Å². The fourth-order valence-electron chi connectivity index (χ4n) is 2.34. The van der Waals surface area contributed by atoms with E-state index in [1.165, 1.54) is 6.07 Å². The molecule has 2 aromatic rings. The van der Waals surface area contributed by atoms with Crippen molar-refractivity contribution in [2.75, 3.05) is 18.9 Å². The van der Waals surface area contributed by atoms with Gasteiger partial charge in [-0.05, 0) is 19.1 Å². The van der Waals surface area contributed by atoms with Gasteiger partial charge in [0.25, 0.3) is 5.56 Å². The fourth-order valence-corrected chi connectivity index (χ4v) is 2.77. The quantitative estimate of drug-likeness (QED) is 0.686. The molecule has 1 aromatic carbocycles. The zero-order valence-corrected chi connectivity index (χ0v) is 15.5. The number of nitrogens with one attached hydrogen (secondary N) is 1. The van der Waals surface area contributed by atoms with Crippen molar-refractivity contribution in [3.05, 3.63) is 43.9 Å². The van der Waals surface area contributed by atoms with Gasteiger partial charge in [0, 0.05) is 15.6 Å². The maximum Gasteiger partial charge on any atom is 0.344 e. The summed E-state index contributed by atoms with van der Waals surface area (Å²) in [6, 6.07) is 5.88. The molecule has 27 heavy (non-hydrogen) atoms. The summed E-state index contributed by atoms with van der Waals surface area (Å²) >= 11 is 3.11. The second-order valence-electron chi connectivity index (χ2n) is 5.07. The molecule has 0 saturated heterocycles. The number of rotatable bonds is 5. The summed E-state index contributed by atoms with van der Waals surface area (Å²) in [5.41, 5.74) is 3.87. The Bertz CT molecular complexity index is 1050. The Kier molecular flexibility index (Phi) is 6.16. The Morgan fingerprint density at radius 1 is 1.33 bits per heavy atom. The van der Waals surface area contributed by atoms with Gasteiger partial charge in [0.15, 0.2) is 18.2 Å². The van der Waals surface area contributed by atoms with Crippen LogP contribution in [0.1, 0.15) is 18.1 Å². The minimum absolute atomic E-state index is 0.0860. The summed E-state index contributed by atoms with van der Waals surface area (Å²) < 4.78 is 24.7. The molecular formula is C17H12BrFN4O4. The van der Waals surface area contributed by atoms with Gasteiger partial charge < -0.3 is 20.2 Å². The minimum atomic E-state index is -0.879. The standard InChI is InChI=1S/C17H12BrFN4O4/c1-2-26-13(24)7-27-15-9(3-8(18)4-12(15)19)14-10(5-20)16(22)23-17(25)11(14)6-21/h3-4H,2,7H2,1H3,(H3,22,23,25). The highest BCUT2D eigenvalue weighted by molar-refractivity contribution is 9.10. The van der Waals surface area contributed by atoms with Crippen LogP contribution in [0.25, 0.3) is 11.1 Å². The lowest BCUT2D eigenvalue weighted by Gasteiger charge is -2.15. The van der Waals surface area contributed by atoms with Crippen molar-refractivity contribution in [2.24, 2.45) is 0 Å². The number of H-pyrrole nitrogens is 1. The van der Waals surface area contributed by atoms with Crippen LogP contribution >= 0.6 is 15.9 Å². The molecule has 0 saturated carbocycles. The number of nitrogens with zero attached hydrogens (tertiary/aromatic N) is 2. The van der Waals surface area contributed by atoms with Crippen molar-refractivity contribution < 1.29 is 18.7 Å². The van der Waals surface area contributed by atoms with E-state index in [4.69, 9.17) is 15.2 Å². The smallest absolute Gasteiger partial charge is 0.344 e. The normalized spacial score (nSPS) is 9.96. The number of anilines is 1. The van der Waals surface area contributed by atoms with Crippen molar-refractivity contribution in [3.8, 4) is 29.0 Å². The van der Waals surface area contributed by atoms with E-state index in [0.29, 0.717) is 0 Å². The summed E-state index contributed by atoms with van der Waals surface area (Å²) in [4.78, 5) is 25.8. The Morgan fingerprint density at radius 2 is 2.00 bits per heavy atom. The number of aromatic nitrogens is 1. The molecule has 0 unspecified atom stereocenters. The summed E-state index contributed by atoms with van der Waals surface area (Å²) in [7, 11) is 0. The number of hydrogen-bond donors (Lipinski definition) is 2. The predicted molar refractivity (Wildman–Crippen MR) is 96.1 cm³/mol. The Morgan fingerprint density at radius 3 is 2.59 bits per heavy atom. The van der Waals surface area contributed by atoms with E-state index in [1.807, 2.05) is 0 Å². The predicted octanol–water partition coefficient (Wildman–Crippen LogP) is 2.21. The minimum Gasteiger partial charge on any atom is -0.478 e. The van der Waals surface area contributed by atoms with E-state index in [2.05, 4.69) is 20.9 Å². The number of carbonyl (C=O) groups is 1. The summed E-state index contributed by atoms with van der Waals surface area (Å²) in [6.07, 6.45) is 0. The average Bonchev–Trinajstić information content (AvgIpc) is 2.60. The van der Waals surface area contributed by atoms with E-state index in [1.54, 1.807) is 19.1 Å². The second kappa shape index (κ2) is 8.34. The Labute approximate surface area is 161 Å². The van der Waals surface area contributed by atoms with Crippen molar-refractivity contribution in [1.29, 1.82) is 10.5 Å². The van der Waals surface area contributed by atoms with Gasteiger partial charge in [-0.1, -0.05) is 15.9 Å². The molecule has 0 fully saturated rings. The van der Waals surface area contributed by atoms with Crippen molar-refractivity contribution >= 4 is 27.7 Å². The molecule has 0 aliphatic carbocycles. The second-order valence-corrected chi connectivity index (χ2v) is 5.99. The zero-order valence-electron chi connectivity index (χ0n) is 13.9. The fraction of sp³-hybridized carbons (Fsp3) is 0.176. The van der Waals surface area contributed by atoms with Crippen LogP contribution in [0.2, 0.25) is 0 Å². The molecule has 0 bridgehead atoms. The van der Waals surface area contributed by atoms with Crippen LogP contribution < -0.4 is 16.0 Å². The van der Waals surface area contributed by atoms with Crippen molar-refractivity contribution in [2.45, 2.75) is 6.92 Å². The molecule has 2 rings (SSSR count). The first-order chi connectivity index (χ1) is 12.8. The molecule has 0 aliphatic rings. The SMILES string of the molecule is CCOC(=O)COc1c(F)cc(Br)cc1-c1c(C#N)c(N)[nH]c(=O)c1C#N. The van der Waals surface area contributed by atoms with Gasteiger partial charge >= 0.3 is 5.97 Å². The maximum atomic E-state index is 14.5. The number of ether oxygens (including phenoxy) is 2. The molecule has 8 nitrogen and oxygen atoms in total. The van der Waals surface area contributed by atoms with Crippen LogP contribution in [0.3, 0.4) is 0 Å². The average molecular weight is 435 g/mol. The first-order valence-electron chi connectivity index (χ1n) is 7.47. The topological polar surface area (TPSA) is 142 Å². The third-order valence-corrected chi connectivity index (χ3v) is 3.84. The van der Waals surface area contributed by atoms with Crippen molar-refractivity contribution in [1.82, 2.24) is 4.98 Å². The lowest BCUT2D eigenvalue weighted by Crippen LogP contribution is -2.18. The number of nitriles is 2. The third-order valence-electron chi connectivity index (χ3n) is 3.39. The molecule has 0 atom stereocenters. The van der Waals surface area contributed by atoms with Gasteiger partial charge in [-0.25, -0.2) is 9.18 Å². The summed E-state index contributed by atoms with van der Waals surface area (Å²) in [5.74, 6) is -2.33. The number of aromatic amines is 1. The first kappa shape index (κ1) is 19.9. The highest BCUT2D eigenvalue weighted by Crippen LogP contribution is 2.39. The third kappa shape index (κ3) is 4.07. The highest BCUT2D eigenvalue weighted by Gasteiger charge is 2.24. The summed E-state index contributed by atoms with van der Waals surface area (Å²) in [6.45, 7) is 1.10. The molecule has 0 aliphatic heterocycles. The van der Waals surface area contributed by atoms with Crippen LogP contribution in [-0.2, 0) is 9.53 Å². The molecule has 10 heteroatoms. The summed E-state index contributed by atoms with van der Waals surface area (Å²) in [5, 5.41) is 18.8.